The maximum Gasteiger partial charge on any atom is 0.341 e. The molecule has 10 heteroatoms. The average Bonchev–Trinajstić information content (AvgIpc) is 3.27. The first kappa shape index (κ1) is 21.8. The Hall–Kier alpha value is -2.91. The highest BCUT2D eigenvalue weighted by Gasteiger charge is 2.51. The highest BCUT2D eigenvalue weighted by Crippen LogP contribution is 2.33. The number of thiophene rings is 1. The molecule has 158 valence electrons. The summed E-state index contributed by atoms with van der Waals surface area (Å²) in [5.74, 6) is -1.68. The standard InChI is InChI=1S/C20H20ClN3O5S/c1-3-20(12-5-7-13(21)8-6-12)18(27)24(19(28)23-20)11-15(25)22-16-14(9-10-30-16)17(26)29-4-2/h5-10H,3-4,11H2,1-2H3,(H,22,25)(H,23,28). The molecule has 0 spiro atoms. The zero-order valence-corrected chi connectivity index (χ0v) is 17.9. The zero-order chi connectivity index (χ0) is 21.9. The van der Waals surface area contributed by atoms with Crippen LogP contribution in [0.4, 0.5) is 9.80 Å². The lowest BCUT2D eigenvalue weighted by molar-refractivity contribution is -0.134. The van der Waals surface area contributed by atoms with Gasteiger partial charge in [-0.05, 0) is 42.5 Å². The molecule has 8 nitrogen and oxygen atoms in total. The molecule has 30 heavy (non-hydrogen) atoms. The fourth-order valence-electron chi connectivity index (χ4n) is 3.23. The Bertz CT molecular complexity index is 991. The van der Waals surface area contributed by atoms with E-state index in [1.807, 2.05) is 0 Å². The molecule has 1 aromatic heterocycles. The van der Waals surface area contributed by atoms with Crippen LogP contribution in [0.15, 0.2) is 35.7 Å². The molecule has 1 aromatic carbocycles. The first-order chi connectivity index (χ1) is 14.3. The molecule has 1 aliphatic rings. The van der Waals surface area contributed by atoms with Gasteiger partial charge in [-0.3, -0.25) is 14.5 Å². The number of hydrogen-bond donors (Lipinski definition) is 2. The second-order valence-corrected chi connectivity index (χ2v) is 7.87. The van der Waals surface area contributed by atoms with Crippen molar-refractivity contribution in [2.75, 3.05) is 18.5 Å². The van der Waals surface area contributed by atoms with Gasteiger partial charge in [0.1, 0.15) is 17.1 Å². The molecule has 1 atom stereocenters. The third-order valence-electron chi connectivity index (χ3n) is 4.76. The number of amides is 4. The normalized spacial score (nSPS) is 18.3. The highest BCUT2D eigenvalue weighted by atomic mass is 35.5. The van der Waals surface area contributed by atoms with Gasteiger partial charge in [0.05, 0.1) is 12.2 Å². The largest absolute Gasteiger partial charge is 0.462 e. The Kier molecular flexibility index (Phi) is 6.42. The molecular formula is C20H20ClN3O5S. The van der Waals surface area contributed by atoms with Crippen LogP contribution in [0.5, 0.6) is 0 Å². The van der Waals surface area contributed by atoms with E-state index in [1.54, 1.807) is 43.5 Å². The Morgan fingerprint density at radius 2 is 1.90 bits per heavy atom. The number of anilines is 1. The van der Waals surface area contributed by atoms with Crippen LogP contribution in [0.3, 0.4) is 0 Å². The van der Waals surface area contributed by atoms with E-state index >= 15 is 0 Å². The summed E-state index contributed by atoms with van der Waals surface area (Å²) in [6, 6.07) is 7.49. The zero-order valence-electron chi connectivity index (χ0n) is 16.4. The number of ether oxygens (including phenoxy) is 1. The summed E-state index contributed by atoms with van der Waals surface area (Å²) < 4.78 is 4.95. The minimum Gasteiger partial charge on any atom is -0.462 e. The summed E-state index contributed by atoms with van der Waals surface area (Å²) in [6.45, 7) is 3.17. The lowest BCUT2D eigenvalue weighted by Gasteiger charge is -2.25. The second-order valence-electron chi connectivity index (χ2n) is 6.52. The fourth-order valence-corrected chi connectivity index (χ4v) is 4.15. The van der Waals surface area contributed by atoms with E-state index in [0.717, 1.165) is 16.2 Å². The summed E-state index contributed by atoms with van der Waals surface area (Å²) in [4.78, 5) is 51.0. The lowest BCUT2D eigenvalue weighted by Crippen LogP contribution is -2.44. The molecule has 0 radical (unpaired) electrons. The number of benzene rings is 1. The minimum atomic E-state index is -1.26. The maximum absolute atomic E-state index is 13.1. The van der Waals surface area contributed by atoms with Crippen molar-refractivity contribution in [3.8, 4) is 0 Å². The smallest absolute Gasteiger partial charge is 0.341 e. The van der Waals surface area contributed by atoms with Crippen molar-refractivity contribution in [3.05, 3.63) is 51.9 Å². The second kappa shape index (κ2) is 8.85. The van der Waals surface area contributed by atoms with Crippen LogP contribution >= 0.6 is 22.9 Å². The van der Waals surface area contributed by atoms with Crippen LogP contribution in [0.1, 0.15) is 36.2 Å². The topological polar surface area (TPSA) is 105 Å². The monoisotopic (exact) mass is 449 g/mol. The molecule has 4 amide bonds. The number of carbonyl (C=O) groups excluding carboxylic acids is 4. The van der Waals surface area contributed by atoms with Crippen molar-refractivity contribution in [3.63, 3.8) is 0 Å². The van der Waals surface area contributed by atoms with Gasteiger partial charge in [-0.15, -0.1) is 11.3 Å². The maximum atomic E-state index is 13.1. The van der Waals surface area contributed by atoms with Crippen molar-refractivity contribution >= 4 is 51.8 Å². The minimum absolute atomic E-state index is 0.203. The van der Waals surface area contributed by atoms with Crippen LogP contribution in [0.2, 0.25) is 5.02 Å². The van der Waals surface area contributed by atoms with Crippen molar-refractivity contribution in [2.24, 2.45) is 0 Å². The molecule has 0 aliphatic carbocycles. The van der Waals surface area contributed by atoms with Crippen LogP contribution in [-0.2, 0) is 19.9 Å². The van der Waals surface area contributed by atoms with Crippen LogP contribution in [0.25, 0.3) is 0 Å². The Morgan fingerprint density at radius 3 is 2.53 bits per heavy atom. The van der Waals surface area contributed by atoms with Gasteiger partial charge in [-0.1, -0.05) is 30.7 Å². The predicted octanol–water partition coefficient (Wildman–Crippen LogP) is 3.37. The summed E-state index contributed by atoms with van der Waals surface area (Å²) >= 11 is 7.07. The SMILES string of the molecule is CCOC(=O)c1ccsc1NC(=O)CN1C(=O)NC(CC)(c2ccc(Cl)cc2)C1=O. The third kappa shape index (κ3) is 4.03. The highest BCUT2D eigenvalue weighted by molar-refractivity contribution is 7.14. The first-order valence-electron chi connectivity index (χ1n) is 9.27. The number of nitrogens with one attached hydrogen (secondary N) is 2. The van der Waals surface area contributed by atoms with E-state index in [0.29, 0.717) is 22.0 Å². The number of carbonyl (C=O) groups is 4. The number of urea groups is 1. The van der Waals surface area contributed by atoms with Crippen molar-refractivity contribution in [1.29, 1.82) is 0 Å². The molecule has 1 unspecified atom stereocenters. The van der Waals surface area contributed by atoms with E-state index in [9.17, 15) is 19.2 Å². The van der Waals surface area contributed by atoms with Crippen molar-refractivity contribution in [2.45, 2.75) is 25.8 Å². The summed E-state index contributed by atoms with van der Waals surface area (Å²) in [5.41, 5.74) is -0.462. The van der Waals surface area contributed by atoms with E-state index < -0.39 is 35.9 Å². The molecule has 2 N–H and O–H groups in total. The van der Waals surface area contributed by atoms with Gasteiger partial charge in [0.15, 0.2) is 0 Å². The Balaban J connectivity index is 1.76. The van der Waals surface area contributed by atoms with Crippen LogP contribution in [-0.4, -0.2) is 41.9 Å². The van der Waals surface area contributed by atoms with E-state index in [1.165, 1.54) is 6.07 Å². The summed E-state index contributed by atoms with van der Waals surface area (Å²) in [5, 5.41) is 7.72. The van der Waals surface area contributed by atoms with E-state index in [-0.39, 0.29) is 12.2 Å². The third-order valence-corrected chi connectivity index (χ3v) is 5.84. The molecule has 2 heterocycles. The van der Waals surface area contributed by atoms with Gasteiger partial charge in [0.2, 0.25) is 5.91 Å². The number of rotatable bonds is 7. The molecule has 1 aliphatic heterocycles. The van der Waals surface area contributed by atoms with E-state index in [2.05, 4.69) is 10.6 Å². The van der Waals surface area contributed by atoms with Gasteiger partial charge < -0.3 is 15.4 Å². The number of imide groups is 1. The molecule has 1 fully saturated rings. The summed E-state index contributed by atoms with van der Waals surface area (Å²) in [7, 11) is 0. The van der Waals surface area contributed by atoms with Gasteiger partial charge in [-0.25, -0.2) is 9.59 Å². The van der Waals surface area contributed by atoms with Crippen molar-refractivity contribution in [1.82, 2.24) is 10.2 Å². The number of nitrogens with zero attached hydrogens (tertiary/aromatic N) is 1. The first-order valence-corrected chi connectivity index (χ1v) is 10.5. The quantitative estimate of drug-likeness (QED) is 0.498. The van der Waals surface area contributed by atoms with Gasteiger partial charge >= 0.3 is 12.0 Å². The fraction of sp³-hybridized carbons (Fsp3) is 0.300. The number of halogens is 1. The Labute approximate surface area is 182 Å². The number of esters is 1. The van der Waals surface area contributed by atoms with Gasteiger partial charge in [-0.2, -0.15) is 0 Å². The lowest BCUT2D eigenvalue weighted by atomic mass is 9.87. The van der Waals surface area contributed by atoms with Crippen LogP contribution < -0.4 is 10.6 Å². The predicted molar refractivity (Wildman–Crippen MR) is 113 cm³/mol. The van der Waals surface area contributed by atoms with Gasteiger partial charge in [0, 0.05) is 5.02 Å². The molecular weight excluding hydrogens is 430 g/mol. The molecule has 0 bridgehead atoms. The van der Waals surface area contributed by atoms with E-state index in [4.69, 9.17) is 16.3 Å². The average molecular weight is 450 g/mol. The molecule has 2 aromatic rings. The van der Waals surface area contributed by atoms with Crippen LogP contribution in [0, 0.1) is 0 Å². The summed E-state index contributed by atoms with van der Waals surface area (Å²) in [6.07, 6.45) is 0.301. The Morgan fingerprint density at radius 1 is 1.20 bits per heavy atom. The number of hydrogen-bond acceptors (Lipinski definition) is 6. The molecule has 1 saturated heterocycles. The molecule has 0 saturated carbocycles. The molecule has 3 rings (SSSR count). The van der Waals surface area contributed by atoms with Gasteiger partial charge in [0.25, 0.3) is 5.91 Å². The van der Waals surface area contributed by atoms with Crippen molar-refractivity contribution < 1.29 is 23.9 Å².